The van der Waals surface area contributed by atoms with Gasteiger partial charge in [0.05, 0.1) is 0 Å². The van der Waals surface area contributed by atoms with Crippen LogP contribution in [-0.2, 0) is 14.5 Å². The fourth-order valence-electron chi connectivity index (χ4n) is 5.80. The van der Waals surface area contributed by atoms with Crippen LogP contribution >= 0.6 is 18.6 Å². The Hall–Kier alpha value is 0.254. The first kappa shape index (κ1) is 15.5. The van der Waals surface area contributed by atoms with Crippen LogP contribution in [0, 0.1) is 0 Å². The van der Waals surface area contributed by atoms with E-state index in [0.717, 1.165) is 0 Å². The number of rotatable bonds is 0. The third-order valence-corrected chi connectivity index (χ3v) is 15.0. The molecular formula is C20H24Cl2Ti. The summed E-state index contributed by atoms with van der Waals surface area (Å²) in [6.07, 6.45) is 17.9. The van der Waals surface area contributed by atoms with E-state index in [4.69, 9.17) is 18.6 Å². The molecular weight excluding hydrogens is 359 g/mol. The van der Waals surface area contributed by atoms with Gasteiger partial charge in [-0.25, -0.2) is 0 Å². The summed E-state index contributed by atoms with van der Waals surface area (Å²) in [6.45, 7) is 0. The molecule has 23 heavy (non-hydrogen) atoms. The van der Waals surface area contributed by atoms with Crippen LogP contribution in [0.2, 0.25) is 8.45 Å². The maximum absolute atomic E-state index is 7.42. The number of hydrogen-bond donors (Lipinski definition) is 0. The molecule has 0 bridgehead atoms. The summed E-state index contributed by atoms with van der Waals surface area (Å²) in [5, 5.41) is 0. The van der Waals surface area contributed by atoms with Crippen LogP contribution in [0.3, 0.4) is 0 Å². The summed E-state index contributed by atoms with van der Waals surface area (Å²) in [5.41, 5.74) is 9.79. The summed E-state index contributed by atoms with van der Waals surface area (Å²) in [4.78, 5) is 0. The first-order valence-electron chi connectivity index (χ1n) is 9.39. The zero-order chi connectivity index (χ0) is 15.6. The molecule has 1 aliphatic heterocycles. The fraction of sp³-hybridized carbons (Fsp3) is 0.600. The summed E-state index contributed by atoms with van der Waals surface area (Å²) < 4.78 is 0.941. The minimum absolute atomic E-state index is 0.471. The van der Waals surface area contributed by atoms with E-state index in [1.54, 1.807) is 33.4 Å². The van der Waals surface area contributed by atoms with Crippen molar-refractivity contribution in [2.75, 3.05) is 0 Å². The van der Waals surface area contributed by atoms with Crippen molar-refractivity contribution in [1.82, 2.24) is 0 Å². The fourth-order valence-corrected chi connectivity index (χ4v) is 15.5. The van der Waals surface area contributed by atoms with Crippen LogP contribution in [0.25, 0.3) is 0 Å². The van der Waals surface area contributed by atoms with Crippen molar-refractivity contribution in [3.8, 4) is 0 Å². The SMILES string of the molecule is [Cl][Ti]1([Cl])[CH]2C(=CC3=C2CCCC3)CCC2=CC3=C(CCCC3)[CH]21. The van der Waals surface area contributed by atoms with Crippen LogP contribution in [0.4, 0.5) is 0 Å². The van der Waals surface area contributed by atoms with E-state index in [1.807, 2.05) is 0 Å². The third kappa shape index (κ3) is 2.28. The Labute approximate surface area is 150 Å². The molecule has 0 aromatic carbocycles. The van der Waals surface area contributed by atoms with E-state index < -0.39 is 14.5 Å². The Morgan fingerprint density at radius 3 is 1.57 bits per heavy atom. The first-order chi connectivity index (χ1) is 11.2. The zero-order valence-electron chi connectivity index (χ0n) is 13.6. The van der Waals surface area contributed by atoms with Crippen LogP contribution in [-0.4, -0.2) is 0 Å². The predicted molar refractivity (Wildman–Crippen MR) is 95.6 cm³/mol. The van der Waals surface area contributed by atoms with Crippen LogP contribution in [0.5, 0.6) is 0 Å². The van der Waals surface area contributed by atoms with Gasteiger partial charge in [0.25, 0.3) is 0 Å². The van der Waals surface area contributed by atoms with Crippen molar-refractivity contribution in [2.24, 2.45) is 0 Å². The molecule has 5 aliphatic rings. The van der Waals surface area contributed by atoms with Crippen molar-refractivity contribution in [3.05, 3.63) is 45.6 Å². The van der Waals surface area contributed by atoms with Gasteiger partial charge in [-0.1, -0.05) is 0 Å². The average Bonchev–Trinajstić information content (AvgIpc) is 3.08. The number of fused-ring (bicyclic) bond motifs is 4. The molecule has 3 heteroatoms. The predicted octanol–water partition coefficient (Wildman–Crippen LogP) is 7.44. The van der Waals surface area contributed by atoms with Crippen molar-refractivity contribution in [1.29, 1.82) is 0 Å². The summed E-state index contributed by atoms with van der Waals surface area (Å²) >= 11 is -3.04. The molecule has 4 aliphatic carbocycles. The number of halogens is 2. The Bertz CT molecular complexity index is 634. The van der Waals surface area contributed by atoms with Gasteiger partial charge >= 0.3 is 151 Å². The molecule has 0 nitrogen and oxygen atoms in total. The molecule has 0 aromatic rings. The number of hydrogen-bond acceptors (Lipinski definition) is 0. The number of allylic oxidation sites excluding steroid dienone is 8. The van der Waals surface area contributed by atoms with Gasteiger partial charge in [-0.15, -0.1) is 0 Å². The molecule has 1 heterocycles. The Kier molecular flexibility index (Phi) is 3.80. The normalized spacial score (nSPS) is 35.0. The van der Waals surface area contributed by atoms with Gasteiger partial charge in [0, 0.05) is 0 Å². The maximum atomic E-state index is 7.42. The molecule has 5 rings (SSSR count). The van der Waals surface area contributed by atoms with E-state index in [0.29, 0.717) is 8.45 Å². The molecule has 122 valence electrons. The van der Waals surface area contributed by atoms with Crippen molar-refractivity contribution >= 4 is 18.6 Å². The van der Waals surface area contributed by atoms with Gasteiger partial charge in [0.15, 0.2) is 0 Å². The first-order valence-corrected chi connectivity index (χ1v) is 15.5. The van der Waals surface area contributed by atoms with Crippen molar-refractivity contribution < 1.29 is 14.5 Å². The van der Waals surface area contributed by atoms with Crippen molar-refractivity contribution in [2.45, 2.75) is 72.7 Å². The van der Waals surface area contributed by atoms with Crippen LogP contribution in [0.15, 0.2) is 45.6 Å². The van der Waals surface area contributed by atoms with Gasteiger partial charge in [0.2, 0.25) is 0 Å². The topological polar surface area (TPSA) is 0 Å². The molecule has 0 N–H and O–H groups in total. The molecule has 0 spiro atoms. The minimum atomic E-state index is -3.04. The molecule has 1 saturated heterocycles. The van der Waals surface area contributed by atoms with Crippen molar-refractivity contribution in [3.63, 3.8) is 0 Å². The Morgan fingerprint density at radius 2 is 1.09 bits per heavy atom. The third-order valence-electron chi connectivity index (χ3n) is 6.74. The van der Waals surface area contributed by atoms with Gasteiger partial charge in [-0.3, -0.25) is 0 Å². The quantitative estimate of drug-likeness (QED) is 0.382. The summed E-state index contributed by atoms with van der Waals surface area (Å²) in [5.74, 6) is 0. The summed E-state index contributed by atoms with van der Waals surface area (Å²) in [7, 11) is 14.8. The zero-order valence-corrected chi connectivity index (χ0v) is 16.7. The molecule has 0 aromatic heterocycles. The van der Waals surface area contributed by atoms with Gasteiger partial charge in [-0.05, 0) is 0 Å². The van der Waals surface area contributed by atoms with E-state index in [1.165, 1.54) is 64.2 Å². The molecule has 0 saturated carbocycles. The summed E-state index contributed by atoms with van der Waals surface area (Å²) in [6, 6.07) is 0. The Balaban J connectivity index is 1.61. The van der Waals surface area contributed by atoms with E-state index >= 15 is 0 Å². The standard InChI is InChI=1S/C20H24.2ClH.Ti/c1-2-6-18-12-15(11-17(18)5-1)9-10-16-13-19-7-3-4-8-20(19)14-16;;;/h11-14H,1-10H2;2*1H;/q;;;+2/p-2. The monoisotopic (exact) mass is 382 g/mol. The molecule has 0 radical (unpaired) electrons. The van der Waals surface area contributed by atoms with E-state index in [9.17, 15) is 0 Å². The molecule has 1 fully saturated rings. The van der Waals surface area contributed by atoms with Gasteiger partial charge in [0.1, 0.15) is 0 Å². The average molecular weight is 383 g/mol. The molecule has 2 atom stereocenters. The van der Waals surface area contributed by atoms with Crippen LogP contribution in [0.1, 0.15) is 64.2 Å². The van der Waals surface area contributed by atoms with Crippen LogP contribution < -0.4 is 0 Å². The Morgan fingerprint density at radius 1 is 0.652 bits per heavy atom. The van der Waals surface area contributed by atoms with Gasteiger partial charge < -0.3 is 0 Å². The molecule has 2 unspecified atom stereocenters. The van der Waals surface area contributed by atoms with E-state index in [2.05, 4.69) is 12.2 Å². The second kappa shape index (κ2) is 5.63. The van der Waals surface area contributed by atoms with E-state index in [-0.39, 0.29) is 0 Å². The molecule has 0 amide bonds. The van der Waals surface area contributed by atoms with Gasteiger partial charge in [-0.2, -0.15) is 0 Å². The second-order valence-corrected chi connectivity index (χ2v) is 17.9. The second-order valence-electron chi connectivity index (χ2n) is 7.99.